The molecule has 11 N–H and O–H groups in total. The maximum Gasteiger partial charge on any atom is 0.326 e. The molecule has 0 radical (unpaired) electrons. The van der Waals surface area contributed by atoms with Gasteiger partial charge in [-0.05, 0) is 74.5 Å². The lowest BCUT2D eigenvalue weighted by Gasteiger charge is -2.26. The standard InChI is InChI=1S/C28H39N5O8/c1-16(34)24(33-25(37)21(30)14-17-5-9-19(35)10-6-17)27(39)31-22(4-2-3-13-29)26(38)32-23(28(40)41)15-18-7-11-20(36)12-8-18/h5-12,16,21-24,34-36H,2-4,13-15,29-30H2,1H3,(H,31,39)(H,32,38)(H,33,37)(H,40,41). The van der Waals surface area contributed by atoms with Gasteiger partial charge in [0.1, 0.15) is 29.6 Å². The SMILES string of the molecule is CC(O)C(NC(=O)C(N)Cc1ccc(O)cc1)C(=O)NC(CCCCN)C(=O)NC(Cc1ccc(O)cc1)C(=O)O. The molecular formula is C28H39N5O8. The van der Waals surface area contributed by atoms with Crippen molar-refractivity contribution < 1.29 is 39.6 Å². The van der Waals surface area contributed by atoms with Crippen molar-refractivity contribution in [3.63, 3.8) is 0 Å². The van der Waals surface area contributed by atoms with Gasteiger partial charge in [0.15, 0.2) is 0 Å². The van der Waals surface area contributed by atoms with Gasteiger partial charge in [-0.2, -0.15) is 0 Å². The summed E-state index contributed by atoms with van der Waals surface area (Å²) in [6, 6.07) is 6.89. The third kappa shape index (κ3) is 11.1. The fourth-order valence-electron chi connectivity index (χ4n) is 4.01. The molecule has 2 aromatic rings. The number of nitrogens with one attached hydrogen (secondary N) is 3. The second kappa shape index (κ2) is 16.2. The molecule has 13 heteroatoms. The molecule has 2 rings (SSSR count). The molecule has 5 unspecified atom stereocenters. The van der Waals surface area contributed by atoms with Crippen molar-refractivity contribution in [3.8, 4) is 11.5 Å². The summed E-state index contributed by atoms with van der Waals surface area (Å²) in [6.45, 7) is 1.63. The second-order valence-electron chi connectivity index (χ2n) is 9.82. The number of carbonyl (C=O) groups excluding carboxylic acids is 3. The van der Waals surface area contributed by atoms with E-state index in [1.165, 1.54) is 43.3 Å². The van der Waals surface area contributed by atoms with Crippen LogP contribution in [-0.2, 0) is 32.0 Å². The molecule has 0 bridgehead atoms. The van der Waals surface area contributed by atoms with Crippen LogP contribution >= 0.6 is 0 Å². The van der Waals surface area contributed by atoms with E-state index in [0.717, 1.165) is 0 Å². The lowest BCUT2D eigenvalue weighted by atomic mass is 10.0. The van der Waals surface area contributed by atoms with E-state index < -0.39 is 54.0 Å². The molecule has 0 heterocycles. The summed E-state index contributed by atoms with van der Waals surface area (Å²) in [7, 11) is 0. The predicted molar refractivity (Wildman–Crippen MR) is 150 cm³/mol. The van der Waals surface area contributed by atoms with Crippen molar-refractivity contribution >= 4 is 23.7 Å². The van der Waals surface area contributed by atoms with Crippen molar-refractivity contribution in [1.29, 1.82) is 0 Å². The molecular weight excluding hydrogens is 534 g/mol. The van der Waals surface area contributed by atoms with Crippen LogP contribution in [0.3, 0.4) is 0 Å². The van der Waals surface area contributed by atoms with Gasteiger partial charge in [0.25, 0.3) is 0 Å². The van der Waals surface area contributed by atoms with Gasteiger partial charge in [0.2, 0.25) is 17.7 Å². The largest absolute Gasteiger partial charge is 0.508 e. The number of aliphatic hydroxyl groups is 1. The monoisotopic (exact) mass is 573 g/mol. The Morgan fingerprint density at radius 2 is 1.27 bits per heavy atom. The topological polar surface area (TPSA) is 237 Å². The van der Waals surface area contributed by atoms with Gasteiger partial charge >= 0.3 is 5.97 Å². The van der Waals surface area contributed by atoms with Crippen molar-refractivity contribution in [3.05, 3.63) is 59.7 Å². The fourth-order valence-corrected chi connectivity index (χ4v) is 4.01. The molecule has 0 saturated carbocycles. The van der Waals surface area contributed by atoms with Gasteiger partial charge in [0.05, 0.1) is 12.1 Å². The van der Waals surface area contributed by atoms with Crippen LogP contribution in [0, 0.1) is 0 Å². The van der Waals surface area contributed by atoms with Gasteiger partial charge in [-0.25, -0.2) is 4.79 Å². The number of aromatic hydroxyl groups is 2. The number of carboxylic acids is 1. The number of nitrogens with two attached hydrogens (primary N) is 2. The van der Waals surface area contributed by atoms with Crippen molar-refractivity contribution in [2.45, 2.75) is 69.3 Å². The van der Waals surface area contributed by atoms with E-state index in [2.05, 4.69) is 16.0 Å². The summed E-state index contributed by atoms with van der Waals surface area (Å²) in [5.74, 6) is -3.57. The Bertz CT molecular complexity index is 1160. The second-order valence-corrected chi connectivity index (χ2v) is 9.82. The number of aliphatic hydroxyl groups excluding tert-OH is 1. The lowest BCUT2D eigenvalue weighted by molar-refractivity contribution is -0.142. The van der Waals surface area contributed by atoms with Gasteiger partial charge in [-0.1, -0.05) is 24.3 Å². The normalized spacial score (nSPS) is 14.6. The Morgan fingerprint density at radius 3 is 1.76 bits per heavy atom. The van der Waals surface area contributed by atoms with E-state index in [1.54, 1.807) is 12.1 Å². The van der Waals surface area contributed by atoms with Crippen molar-refractivity contribution in [1.82, 2.24) is 16.0 Å². The molecule has 41 heavy (non-hydrogen) atoms. The van der Waals surface area contributed by atoms with Gasteiger partial charge in [-0.3, -0.25) is 14.4 Å². The minimum Gasteiger partial charge on any atom is -0.508 e. The first-order chi connectivity index (χ1) is 19.4. The zero-order chi connectivity index (χ0) is 30.5. The Morgan fingerprint density at radius 1 is 0.756 bits per heavy atom. The van der Waals surface area contributed by atoms with Gasteiger partial charge < -0.3 is 47.8 Å². The van der Waals surface area contributed by atoms with Crippen LogP contribution in [0.25, 0.3) is 0 Å². The number of rotatable bonds is 16. The highest BCUT2D eigenvalue weighted by Crippen LogP contribution is 2.13. The fraction of sp³-hybridized carbons (Fsp3) is 0.429. The Labute approximate surface area is 237 Å². The van der Waals surface area contributed by atoms with Crippen LogP contribution in [0.15, 0.2) is 48.5 Å². The molecule has 0 spiro atoms. The first-order valence-electron chi connectivity index (χ1n) is 13.2. The van der Waals surface area contributed by atoms with Crippen LogP contribution in [0.4, 0.5) is 0 Å². The molecule has 0 aliphatic carbocycles. The maximum absolute atomic E-state index is 13.1. The summed E-state index contributed by atoms with van der Waals surface area (Å²) in [5.41, 5.74) is 12.8. The molecule has 13 nitrogen and oxygen atoms in total. The first-order valence-corrected chi connectivity index (χ1v) is 13.2. The van der Waals surface area contributed by atoms with E-state index in [9.17, 15) is 39.6 Å². The highest BCUT2D eigenvalue weighted by atomic mass is 16.4. The third-order valence-corrected chi connectivity index (χ3v) is 6.36. The number of hydrogen-bond acceptors (Lipinski definition) is 9. The smallest absolute Gasteiger partial charge is 0.326 e. The quantitative estimate of drug-likeness (QED) is 0.114. The number of carboxylic acid groups (broad SMARTS) is 1. The Kier molecular flexibility index (Phi) is 13.0. The minimum absolute atomic E-state index is 0.00778. The lowest BCUT2D eigenvalue weighted by Crippen LogP contribution is -2.60. The summed E-state index contributed by atoms with van der Waals surface area (Å²) in [5, 5.41) is 46.2. The molecule has 0 fully saturated rings. The van der Waals surface area contributed by atoms with E-state index in [1.807, 2.05) is 0 Å². The van der Waals surface area contributed by atoms with Crippen LogP contribution in [0.2, 0.25) is 0 Å². The number of carbonyl (C=O) groups is 4. The number of phenols is 2. The average Bonchev–Trinajstić information content (AvgIpc) is 2.92. The number of aliphatic carboxylic acids is 1. The minimum atomic E-state index is -1.45. The number of benzene rings is 2. The summed E-state index contributed by atoms with van der Waals surface area (Å²) in [4.78, 5) is 50.9. The molecule has 0 saturated heterocycles. The van der Waals surface area contributed by atoms with Gasteiger partial charge in [-0.15, -0.1) is 0 Å². The summed E-state index contributed by atoms with van der Waals surface area (Å²) >= 11 is 0. The van der Waals surface area contributed by atoms with Gasteiger partial charge in [0, 0.05) is 6.42 Å². The molecule has 224 valence electrons. The average molecular weight is 574 g/mol. The number of hydrogen-bond donors (Lipinski definition) is 9. The summed E-state index contributed by atoms with van der Waals surface area (Å²) in [6.07, 6.45) is -0.223. The van der Waals surface area contributed by atoms with Crippen LogP contribution < -0.4 is 27.4 Å². The molecule has 2 aromatic carbocycles. The zero-order valence-electron chi connectivity index (χ0n) is 22.8. The number of amides is 3. The third-order valence-electron chi connectivity index (χ3n) is 6.36. The highest BCUT2D eigenvalue weighted by Gasteiger charge is 2.32. The molecule has 0 aromatic heterocycles. The predicted octanol–water partition coefficient (Wildman–Crippen LogP) is -0.741. The molecule has 0 aliphatic rings. The number of phenolic OH excluding ortho intramolecular Hbond substituents is 2. The number of unbranched alkanes of at least 4 members (excludes halogenated alkanes) is 1. The van der Waals surface area contributed by atoms with E-state index in [-0.39, 0.29) is 30.8 Å². The molecule has 5 atom stereocenters. The van der Waals surface area contributed by atoms with Crippen molar-refractivity contribution in [2.75, 3.05) is 6.54 Å². The van der Waals surface area contributed by atoms with E-state index in [0.29, 0.717) is 30.5 Å². The molecule has 3 amide bonds. The van der Waals surface area contributed by atoms with Crippen LogP contribution in [-0.4, -0.2) is 80.9 Å². The van der Waals surface area contributed by atoms with E-state index in [4.69, 9.17) is 11.5 Å². The van der Waals surface area contributed by atoms with Crippen molar-refractivity contribution in [2.24, 2.45) is 11.5 Å². The Hall–Kier alpha value is -4.20. The highest BCUT2D eigenvalue weighted by molar-refractivity contribution is 5.94. The maximum atomic E-state index is 13.1. The van der Waals surface area contributed by atoms with E-state index >= 15 is 0 Å². The van der Waals surface area contributed by atoms with Crippen LogP contribution in [0.1, 0.15) is 37.3 Å². The first kappa shape index (κ1) is 33.0. The molecule has 0 aliphatic heterocycles. The van der Waals surface area contributed by atoms with Crippen LogP contribution in [0.5, 0.6) is 11.5 Å². The Balaban J connectivity index is 2.11. The zero-order valence-corrected chi connectivity index (χ0v) is 22.8. The summed E-state index contributed by atoms with van der Waals surface area (Å²) < 4.78 is 0.